The van der Waals surface area contributed by atoms with E-state index in [4.69, 9.17) is 0 Å². The first-order chi connectivity index (χ1) is 17.3. The van der Waals surface area contributed by atoms with Gasteiger partial charge in [0.1, 0.15) is 6.04 Å². The highest BCUT2D eigenvalue weighted by Gasteiger charge is 2.33. The molecule has 0 spiro atoms. The zero-order chi connectivity index (χ0) is 27.8. The predicted molar refractivity (Wildman–Crippen MR) is 145 cm³/mol. The number of nitrogens with one attached hydrogen (secondary N) is 2. The van der Waals surface area contributed by atoms with Gasteiger partial charge in [-0.05, 0) is 42.9 Å². The van der Waals surface area contributed by atoms with Crippen molar-refractivity contribution in [1.29, 1.82) is 0 Å². The lowest BCUT2D eigenvalue weighted by Gasteiger charge is -2.32. The Hall–Kier alpha value is -2.75. The zero-order valence-electron chi connectivity index (χ0n) is 22.6. The molecule has 0 bridgehead atoms. The van der Waals surface area contributed by atoms with Crippen molar-refractivity contribution in [2.45, 2.75) is 71.0 Å². The van der Waals surface area contributed by atoms with E-state index in [1.54, 1.807) is 24.3 Å². The van der Waals surface area contributed by atoms with E-state index >= 15 is 0 Å². The Labute approximate surface area is 221 Å². The van der Waals surface area contributed by atoms with Crippen molar-refractivity contribution in [3.63, 3.8) is 0 Å². The summed E-state index contributed by atoms with van der Waals surface area (Å²) in [6, 6.07) is 14.4. The van der Waals surface area contributed by atoms with Gasteiger partial charge in [-0.1, -0.05) is 75.7 Å². The molecule has 2 aromatic carbocycles. The normalized spacial score (nSPS) is 14.4. The van der Waals surface area contributed by atoms with Gasteiger partial charge in [-0.25, -0.2) is 8.42 Å². The summed E-state index contributed by atoms with van der Waals surface area (Å²) in [5, 5.41) is 16.9. The van der Waals surface area contributed by atoms with Crippen molar-refractivity contribution >= 4 is 21.8 Å². The first kappa shape index (κ1) is 30.5. The van der Waals surface area contributed by atoms with E-state index in [0.29, 0.717) is 6.42 Å². The molecule has 8 nitrogen and oxygen atoms in total. The summed E-state index contributed by atoms with van der Waals surface area (Å²) in [4.78, 5) is 25.0. The first-order valence-electron chi connectivity index (χ1n) is 12.7. The van der Waals surface area contributed by atoms with Crippen LogP contribution in [0.3, 0.4) is 0 Å². The average Bonchev–Trinajstić information content (AvgIpc) is 2.82. The van der Waals surface area contributed by atoms with Gasteiger partial charge in [-0.15, -0.1) is 0 Å². The van der Waals surface area contributed by atoms with Crippen LogP contribution >= 0.6 is 0 Å². The van der Waals surface area contributed by atoms with Crippen LogP contribution in [-0.4, -0.2) is 60.9 Å². The van der Waals surface area contributed by atoms with Gasteiger partial charge in [0.2, 0.25) is 21.8 Å². The summed E-state index contributed by atoms with van der Waals surface area (Å²) in [6.07, 6.45) is -0.910. The molecule has 3 atom stereocenters. The standard InChI is InChI=1S/C28H41N3O5S/c1-19(2)17-31(37(35,36)24-14-12-21(5)13-15-24)18-26(33)25(16-23-10-8-7-9-11-23)30-28(34)27(20(3)4)29-22(6)32/h7-15,19-20,25-27,33H,16-18H2,1-6H3,(H,29,32)(H,30,34)/t25-,26+,27-/m0/s1. The SMILES string of the molecule is CC(=O)N[C@H](C(=O)N[C@@H](Cc1ccccc1)[C@H](O)CN(CC(C)C)S(=O)(=O)c1ccc(C)cc1)C(C)C. The van der Waals surface area contributed by atoms with E-state index in [-0.39, 0.29) is 35.7 Å². The van der Waals surface area contributed by atoms with Crippen molar-refractivity contribution in [2.24, 2.45) is 11.8 Å². The third kappa shape index (κ3) is 9.25. The van der Waals surface area contributed by atoms with E-state index in [0.717, 1.165) is 11.1 Å². The fourth-order valence-electron chi connectivity index (χ4n) is 4.05. The smallest absolute Gasteiger partial charge is 0.243 e. The topological polar surface area (TPSA) is 116 Å². The Balaban J connectivity index is 2.36. The molecule has 0 aliphatic rings. The number of benzene rings is 2. The second-order valence-electron chi connectivity index (χ2n) is 10.3. The largest absolute Gasteiger partial charge is 0.390 e. The summed E-state index contributed by atoms with van der Waals surface area (Å²) in [5.74, 6) is -0.930. The van der Waals surface area contributed by atoms with Crippen molar-refractivity contribution in [3.05, 3.63) is 65.7 Å². The van der Waals surface area contributed by atoms with Gasteiger partial charge in [-0.3, -0.25) is 9.59 Å². The number of aliphatic hydroxyl groups excluding tert-OH is 1. The van der Waals surface area contributed by atoms with E-state index in [2.05, 4.69) is 10.6 Å². The fourth-order valence-corrected chi connectivity index (χ4v) is 5.67. The maximum atomic E-state index is 13.5. The third-order valence-corrected chi connectivity index (χ3v) is 7.86. The van der Waals surface area contributed by atoms with Gasteiger partial charge in [0.05, 0.1) is 17.0 Å². The molecule has 204 valence electrons. The second kappa shape index (κ2) is 13.7. The number of carbonyl (C=O) groups excluding carboxylic acids is 2. The number of sulfonamides is 1. The van der Waals surface area contributed by atoms with E-state index in [1.165, 1.54) is 11.2 Å². The van der Waals surface area contributed by atoms with Crippen LogP contribution < -0.4 is 10.6 Å². The molecule has 0 aliphatic carbocycles. The van der Waals surface area contributed by atoms with Crippen LogP contribution in [0.5, 0.6) is 0 Å². The number of aryl methyl sites for hydroxylation is 1. The molecule has 2 rings (SSSR count). The highest BCUT2D eigenvalue weighted by molar-refractivity contribution is 7.89. The highest BCUT2D eigenvalue weighted by Crippen LogP contribution is 2.20. The number of carbonyl (C=O) groups is 2. The molecular weight excluding hydrogens is 490 g/mol. The predicted octanol–water partition coefficient (Wildman–Crippen LogP) is 2.89. The maximum Gasteiger partial charge on any atom is 0.243 e. The van der Waals surface area contributed by atoms with E-state index in [1.807, 2.05) is 65.0 Å². The summed E-state index contributed by atoms with van der Waals surface area (Å²) in [6.45, 7) is 10.7. The lowest BCUT2D eigenvalue weighted by Crippen LogP contribution is -2.56. The van der Waals surface area contributed by atoms with Crippen LogP contribution in [0.4, 0.5) is 0 Å². The number of hydrogen-bond donors (Lipinski definition) is 3. The minimum Gasteiger partial charge on any atom is -0.390 e. The minimum atomic E-state index is -3.88. The number of aliphatic hydroxyl groups is 1. The average molecular weight is 532 g/mol. The second-order valence-corrected chi connectivity index (χ2v) is 12.3. The summed E-state index contributed by atoms with van der Waals surface area (Å²) >= 11 is 0. The maximum absolute atomic E-state index is 13.5. The monoisotopic (exact) mass is 531 g/mol. The Bertz CT molecular complexity index is 1120. The molecule has 0 radical (unpaired) electrons. The van der Waals surface area contributed by atoms with E-state index < -0.39 is 34.1 Å². The first-order valence-corrected chi connectivity index (χ1v) is 14.1. The molecule has 0 aliphatic heterocycles. The number of amides is 2. The van der Waals surface area contributed by atoms with Crippen LogP contribution in [0.2, 0.25) is 0 Å². The van der Waals surface area contributed by atoms with Crippen molar-refractivity contribution < 1.29 is 23.1 Å². The molecule has 9 heteroatoms. The quantitative estimate of drug-likeness (QED) is 0.368. The number of rotatable bonds is 13. The lowest BCUT2D eigenvalue weighted by molar-refractivity contribution is -0.130. The minimum absolute atomic E-state index is 0.0136. The zero-order valence-corrected chi connectivity index (χ0v) is 23.5. The van der Waals surface area contributed by atoms with E-state index in [9.17, 15) is 23.1 Å². The Morgan fingerprint density at radius 1 is 0.919 bits per heavy atom. The molecular formula is C28H41N3O5S. The molecule has 37 heavy (non-hydrogen) atoms. The number of hydrogen-bond acceptors (Lipinski definition) is 5. The summed E-state index contributed by atoms with van der Waals surface area (Å²) < 4.78 is 28.3. The van der Waals surface area contributed by atoms with Gasteiger partial charge in [0, 0.05) is 20.0 Å². The molecule has 3 N–H and O–H groups in total. The van der Waals surface area contributed by atoms with Crippen LogP contribution in [0.25, 0.3) is 0 Å². The summed E-state index contributed by atoms with van der Waals surface area (Å²) in [7, 11) is -3.88. The van der Waals surface area contributed by atoms with Gasteiger partial charge in [-0.2, -0.15) is 4.31 Å². The van der Waals surface area contributed by atoms with Crippen LogP contribution in [0, 0.1) is 18.8 Å². The number of nitrogens with zero attached hydrogens (tertiary/aromatic N) is 1. The van der Waals surface area contributed by atoms with Crippen LogP contribution in [0.1, 0.15) is 45.7 Å². The Morgan fingerprint density at radius 2 is 1.51 bits per heavy atom. The van der Waals surface area contributed by atoms with Crippen molar-refractivity contribution in [1.82, 2.24) is 14.9 Å². The molecule has 2 amide bonds. The summed E-state index contributed by atoms with van der Waals surface area (Å²) in [5.41, 5.74) is 1.82. The Morgan fingerprint density at radius 3 is 2.03 bits per heavy atom. The third-order valence-electron chi connectivity index (χ3n) is 6.02. The van der Waals surface area contributed by atoms with Crippen molar-refractivity contribution in [3.8, 4) is 0 Å². The van der Waals surface area contributed by atoms with Gasteiger partial charge in [0.25, 0.3) is 0 Å². The van der Waals surface area contributed by atoms with Gasteiger partial charge >= 0.3 is 0 Å². The highest BCUT2D eigenvalue weighted by atomic mass is 32.2. The Kier molecular flexibility index (Phi) is 11.3. The molecule has 0 fully saturated rings. The van der Waals surface area contributed by atoms with Crippen LogP contribution in [-0.2, 0) is 26.0 Å². The van der Waals surface area contributed by atoms with Gasteiger partial charge in [0.15, 0.2) is 0 Å². The molecule has 0 saturated carbocycles. The fraction of sp³-hybridized carbons (Fsp3) is 0.500. The molecule has 0 heterocycles. The molecule has 2 aromatic rings. The molecule has 0 aromatic heterocycles. The van der Waals surface area contributed by atoms with Crippen LogP contribution in [0.15, 0.2) is 59.5 Å². The molecule has 0 unspecified atom stereocenters. The van der Waals surface area contributed by atoms with Crippen molar-refractivity contribution in [2.75, 3.05) is 13.1 Å². The lowest BCUT2D eigenvalue weighted by atomic mass is 9.98. The molecule has 0 saturated heterocycles. The van der Waals surface area contributed by atoms with Gasteiger partial charge < -0.3 is 15.7 Å².